The number of nitrogens with one attached hydrogen (secondary N) is 1. The smallest absolute Gasteiger partial charge is 0.243 e. The molecule has 2 atom stereocenters. The van der Waals surface area contributed by atoms with E-state index in [4.69, 9.17) is 5.11 Å². The van der Waals surface area contributed by atoms with Crippen molar-refractivity contribution in [2.45, 2.75) is 30.2 Å². The van der Waals surface area contributed by atoms with Gasteiger partial charge in [-0.25, -0.2) is 12.8 Å². The van der Waals surface area contributed by atoms with Crippen LogP contribution in [0, 0.1) is 11.2 Å². The molecule has 3 rings (SSSR count). The average molecular weight is 399 g/mol. The Kier molecular flexibility index (Phi) is 5.85. The topological polar surface area (TPSA) is 90.0 Å². The number of likely N-dealkylation sites (N-methyl/N-ethyl adjacent to an activating group) is 1. The molecule has 2 saturated heterocycles. The van der Waals surface area contributed by atoms with Crippen molar-refractivity contribution in [3.8, 4) is 0 Å². The predicted molar refractivity (Wildman–Crippen MR) is 98.0 cm³/mol. The van der Waals surface area contributed by atoms with Crippen molar-refractivity contribution in [3.63, 3.8) is 0 Å². The molecule has 9 heteroatoms. The fourth-order valence-electron chi connectivity index (χ4n) is 4.24. The van der Waals surface area contributed by atoms with E-state index in [1.165, 1.54) is 16.4 Å². The zero-order chi connectivity index (χ0) is 19.7. The summed E-state index contributed by atoms with van der Waals surface area (Å²) in [7, 11) is -1.94. The molecule has 2 aliphatic heterocycles. The molecule has 2 heterocycles. The second kappa shape index (κ2) is 7.83. The molecule has 1 aromatic rings. The van der Waals surface area contributed by atoms with Gasteiger partial charge in [-0.3, -0.25) is 4.79 Å². The lowest BCUT2D eigenvalue weighted by atomic mass is 9.68. The Hall–Kier alpha value is -1.55. The number of piperidine rings is 2. The number of aliphatic hydroxyl groups excluding tert-OH is 1. The van der Waals surface area contributed by atoms with Gasteiger partial charge < -0.3 is 15.3 Å². The van der Waals surface area contributed by atoms with Crippen LogP contribution in [0.2, 0.25) is 0 Å². The number of fused-ring (bicyclic) bond motifs is 1. The summed E-state index contributed by atoms with van der Waals surface area (Å²) >= 11 is 0. The number of rotatable bonds is 5. The second-order valence-electron chi connectivity index (χ2n) is 7.34. The maximum atomic E-state index is 13.3. The average Bonchev–Trinajstić information content (AvgIpc) is 2.65. The molecule has 1 amide bonds. The first-order chi connectivity index (χ1) is 12.8. The van der Waals surface area contributed by atoms with Crippen LogP contribution in [0.15, 0.2) is 29.2 Å². The third-order valence-corrected chi connectivity index (χ3v) is 7.60. The van der Waals surface area contributed by atoms with Crippen molar-refractivity contribution in [1.82, 2.24) is 14.5 Å². The van der Waals surface area contributed by atoms with Gasteiger partial charge in [0.15, 0.2) is 0 Å². The number of carbonyl (C=O) groups is 1. The van der Waals surface area contributed by atoms with Crippen LogP contribution >= 0.6 is 0 Å². The number of sulfonamides is 1. The molecule has 0 aliphatic carbocycles. The van der Waals surface area contributed by atoms with E-state index in [1.54, 1.807) is 0 Å². The number of benzene rings is 1. The highest BCUT2D eigenvalue weighted by atomic mass is 32.2. The molecule has 2 N–H and O–H groups in total. The summed E-state index contributed by atoms with van der Waals surface area (Å²) in [6, 6.07) is 4.29. The van der Waals surface area contributed by atoms with E-state index in [0.29, 0.717) is 38.9 Å². The standard InChI is InChI=1S/C18H26FN3O4S/c1-21-11-8-18(17(24)20-9-12-23)7-2-10-22(16(18)13-21)27(25,26)15-5-3-14(19)4-6-15/h3-6,16,23H,2,7-13H2,1H3,(H,20,24)/t16-,18+/m0/s1. The first kappa shape index (κ1) is 20.2. The highest BCUT2D eigenvalue weighted by Crippen LogP contribution is 2.44. The number of nitrogens with zero attached hydrogens (tertiary/aromatic N) is 2. The molecule has 27 heavy (non-hydrogen) atoms. The molecule has 0 saturated carbocycles. The van der Waals surface area contributed by atoms with Gasteiger partial charge in [-0.15, -0.1) is 0 Å². The van der Waals surface area contributed by atoms with Gasteiger partial charge in [0.1, 0.15) is 5.82 Å². The van der Waals surface area contributed by atoms with Gasteiger partial charge in [0.05, 0.1) is 23.0 Å². The van der Waals surface area contributed by atoms with Gasteiger partial charge in [0.2, 0.25) is 15.9 Å². The van der Waals surface area contributed by atoms with E-state index in [0.717, 1.165) is 12.1 Å². The molecule has 1 aromatic carbocycles. The van der Waals surface area contributed by atoms with E-state index in [9.17, 15) is 17.6 Å². The summed E-state index contributed by atoms with van der Waals surface area (Å²) in [5.41, 5.74) is -0.812. The Labute approximate surface area is 159 Å². The molecule has 0 radical (unpaired) electrons. The Balaban J connectivity index is 1.98. The van der Waals surface area contributed by atoms with Crippen LogP contribution in [0.1, 0.15) is 19.3 Å². The highest BCUT2D eigenvalue weighted by Gasteiger charge is 2.54. The first-order valence-corrected chi connectivity index (χ1v) is 10.6. The molecule has 0 unspecified atom stereocenters. The normalized spacial score (nSPS) is 27.1. The molecule has 0 spiro atoms. The molecule has 2 fully saturated rings. The molecular formula is C18H26FN3O4S. The van der Waals surface area contributed by atoms with Crippen LogP contribution in [0.5, 0.6) is 0 Å². The predicted octanol–water partition coefficient (Wildman–Crippen LogP) is 0.409. The van der Waals surface area contributed by atoms with Gasteiger partial charge in [0.25, 0.3) is 0 Å². The lowest BCUT2D eigenvalue weighted by molar-refractivity contribution is -0.141. The lowest BCUT2D eigenvalue weighted by Gasteiger charge is -2.52. The Morgan fingerprint density at radius 2 is 2.00 bits per heavy atom. The van der Waals surface area contributed by atoms with Gasteiger partial charge in [-0.2, -0.15) is 4.31 Å². The highest BCUT2D eigenvalue weighted by molar-refractivity contribution is 7.89. The van der Waals surface area contributed by atoms with Gasteiger partial charge in [-0.1, -0.05) is 0 Å². The molecule has 0 aromatic heterocycles. The Morgan fingerprint density at radius 1 is 1.30 bits per heavy atom. The summed E-state index contributed by atoms with van der Waals surface area (Å²) in [6.07, 6.45) is 1.74. The number of carbonyl (C=O) groups excluding carboxylic acids is 1. The zero-order valence-corrected chi connectivity index (χ0v) is 16.2. The van der Waals surface area contributed by atoms with E-state index < -0.39 is 27.3 Å². The minimum atomic E-state index is -3.85. The largest absolute Gasteiger partial charge is 0.395 e. The summed E-state index contributed by atoms with van der Waals surface area (Å²) in [5, 5.41) is 11.8. The van der Waals surface area contributed by atoms with Crippen LogP contribution in [0.25, 0.3) is 0 Å². The SMILES string of the molecule is CN1CC[C@]2(C(=O)NCCO)CCCN(S(=O)(=O)c3ccc(F)cc3)[C@H]2C1. The van der Waals surface area contributed by atoms with Crippen LogP contribution in [-0.2, 0) is 14.8 Å². The molecule has 7 nitrogen and oxygen atoms in total. The third-order valence-electron chi connectivity index (χ3n) is 5.68. The Bertz CT molecular complexity index is 786. The van der Waals surface area contributed by atoms with Crippen LogP contribution in [-0.4, -0.2) is 74.5 Å². The van der Waals surface area contributed by atoms with Crippen LogP contribution in [0.4, 0.5) is 4.39 Å². The van der Waals surface area contributed by atoms with E-state index in [-0.39, 0.29) is 24.0 Å². The maximum absolute atomic E-state index is 13.3. The van der Waals surface area contributed by atoms with E-state index >= 15 is 0 Å². The summed E-state index contributed by atoms with van der Waals surface area (Å²) in [5.74, 6) is -0.698. The van der Waals surface area contributed by atoms with Crippen molar-refractivity contribution in [1.29, 1.82) is 0 Å². The van der Waals surface area contributed by atoms with Crippen molar-refractivity contribution in [2.75, 3.05) is 39.8 Å². The van der Waals surface area contributed by atoms with Crippen molar-refractivity contribution in [2.24, 2.45) is 5.41 Å². The number of amides is 1. The fourth-order valence-corrected chi connectivity index (χ4v) is 5.96. The summed E-state index contributed by atoms with van der Waals surface area (Å²) in [6.45, 7) is 1.46. The number of likely N-dealkylation sites (tertiary alicyclic amines) is 1. The third kappa shape index (κ3) is 3.73. The number of halogens is 1. The lowest BCUT2D eigenvalue weighted by Crippen LogP contribution is -2.66. The van der Waals surface area contributed by atoms with Gasteiger partial charge >= 0.3 is 0 Å². The van der Waals surface area contributed by atoms with Crippen molar-refractivity contribution >= 4 is 15.9 Å². The minimum Gasteiger partial charge on any atom is -0.395 e. The number of aliphatic hydroxyl groups is 1. The quantitative estimate of drug-likeness (QED) is 0.749. The monoisotopic (exact) mass is 399 g/mol. The maximum Gasteiger partial charge on any atom is 0.243 e. The summed E-state index contributed by atoms with van der Waals surface area (Å²) < 4.78 is 41.2. The van der Waals surface area contributed by atoms with Crippen LogP contribution < -0.4 is 5.32 Å². The first-order valence-electron chi connectivity index (χ1n) is 9.16. The summed E-state index contributed by atoms with van der Waals surface area (Å²) in [4.78, 5) is 15.0. The Morgan fingerprint density at radius 3 is 2.67 bits per heavy atom. The van der Waals surface area contributed by atoms with Gasteiger partial charge in [0, 0.05) is 19.6 Å². The molecule has 150 valence electrons. The van der Waals surface area contributed by atoms with E-state index in [1.807, 2.05) is 11.9 Å². The molecular weight excluding hydrogens is 373 g/mol. The minimum absolute atomic E-state index is 0.0312. The fraction of sp³-hybridized carbons (Fsp3) is 0.611. The zero-order valence-electron chi connectivity index (χ0n) is 15.4. The van der Waals surface area contributed by atoms with Gasteiger partial charge in [-0.05, 0) is 57.1 Å². The molecule has 0 bridgehead atoms. The van der Waals surface area contributed by atoms with Crippen molar-refractivity contribution in [3.05, 3.63) is 30.1 Å². The molecule has 2 aliphatic rings. The van der Waals surface area contributed by atoms with Crippen molar-refractivity contribution < 1.29 is 22.7 Å². The number of hydrogen-bond acceptors (Lipinski definition) is 5. The second-order valence-corrected chi connectivity index (χ2v) is 9.23. The van der Waals surface area contributed by atoms with Crippen LogP contribution in [0.3, 0.4) is 0 Å². The van der Waals surface area contributed by atoms with E-state index in [2.05, 4.69) is 5.32 Å². The number of hydrogen-bond donors (Lipinski definition) is 2.